The highest BCUT2D eigenvalue weighted by atomic mass is 16.5. The van der Waals surface area contributed by atoms with Crippen LogP contribution in [0, 0.1) is 0 Å². The van der Waals surface area contributed by atoms with E-state index in [1.165, 1.54) is 0 Å². The highest BCUT2D eigenvalue weighted by Crippen LogP contribution is 2.30. The third kappa shape index (κ3) is 1.54. The van der Waals surface area contributed by atoms with Crippen molar-refractivity contribution in [2.45, 2.75) is 18.9 Å². The van der Waals surface area contributed by atoms with Crippen LogP contribution in [0.25, 0.3) is 0 Å². The van der Waals surface area contributed by atoms with Crippen LogP contribution in [0.4, 0.5) is 0 Å². The Labute approximate surface area is 82.4 Å². The highest BCUT2D eigenvalue weighted by Gasteiger charge is 2.30. The topological polar surface area (TPSA) is 38.7 Å². The maximum Gasteiger partial charge on any atom is 0.235 e. The fourth-order valence-electron chi connectivity index (χ4n) is 1.67. The van der Waals surface area contributed by atoms with E-state index in [2.05, 4.69) is 4.99 Å². The number of carbonyl (C=O) groups excluding carboxylic acids is 1. The molecule has 0 fully saturated rings. The number of fused-ring (bicyclic) bond motifs is 1. The third-order valence-electron chi connectivity index (χ3n) is 2.40. The van der Waals surface area contributed by atoms with E-state index in [0.29, 0.717) is 6.61 Å². The molecule has 0 N–H and O–H groups in total. The lowest BCUT2D eigenvalue weighted by molar-refractivity contribution is 0.205. The molecule has 0 saturated carbocycles. The van der Waals surface area contributed by atoms with Gasteiger partial charge in [-0.2, -0.15) is 4.99 Å². The van der Waals surface area contributed by atoms with Gasteiger partial charge in [-0.15, -0.1) is 0 Å². The van der Waals surface area contributed by atoms with E-state index in [9.17, 15) is 4.79 Å². The molecule has 1 aromatic carbocycles. The molecule has 0 bridgehead atoms. The molecule has 0 radical (unpaired) electrons. The number of hydrogen-bond acceptors (Lipinski definition) is 3. The Morgan fingerprint density at radius 3 is 3.07 bits per heavy atom. The van der Waals surface area contributed by atoms with Crippen LogP contribution in [-0.4, -0.2) is 18.2 Å². The summed E-state index contributed by atoms with van der Waals surface area (Å²) < 4.78 is 5.52. The van der Waals surface area contributed by atoms with Gasteiger partial charge in [0.2, 0.25) is 6.08 Å². The summed E-state index contributed by atoms with van der Waals surface area (Å²) in [4.78, 5) is 14.0. The zero-order valence-corrected chi connectivity index (χ0v) is 7.99. The molecule has 3 heteroatoms. The van der Waals surface area contributed by atoms with E-state index in [4.69, 9.17) is 4.74 Å². The lowest BCUT2D eigenvalue weighted by atomic mass is 9.92. The number of ether oxygens (including phenoxy) is 1. The van der Waals surface area contributed by atoms with Crippen molar-refractivity contribution in [1.29, 1.82) is 0 Å². The molecular formula is C11H11NO2. The van der Waals surface area contributed by atoms with E-state index in [1.807, 2.05) is 31.2 Å². The van der Waals surface area contributed by atoms with Gasteiger partial charge < -0.3 is 4.74 Å². The first-order valence-electron chi connectivity index (χ1n) is 4.53. The third-order valence-corrected chi connectivity index (χ3v) is 2.40. The highest BCUT2D eigenvalue weighted by molar-refractivity contribution is 5.40. The van der Waals surface area contributed by atoms with E-state index in [-0.39, 0.29) is 0 Å². The molecule has 0 saturated heterocycles. The van der Waals surface area contributed by atoms with Crippen LogP contribution >= 0.6 is 0 Å². The van der Waals surface area contributed by atoms with Crippen molar-refractivity contribution in [2.75, 3.05) is 6.61 Å². The minimum Gasteiger partial charge on any atom is -0.491 e. The molecule has 0 spiro atoms. The molecule has 1 aliphatic heterocycles. The molecule has 1 heterocycles. The quantitative estimate of drug-likeness (QED) is 0.498. The van der Waals surface area contributed by atoms with E-state index in [0.717, 1.165) is 17.7 Å². The normalized spacial score (nSPS) is 24.4. The van der Waals surface area contributed by atoms with Crippen molar-refractivity contribution in [3.63, 3.8) is 0 Å². The Morgan fingerprint density at radius 1 is 1.50 bits per heavy atom. The van der Waals surface area contributed by atoms with Crippen LogP contribution in [0.5, 0.6) is 5.75 Å². The molecule has 1 aliphatic rings. The smallest absolute Gasteiger partial charge is 0.235 e. The fraction of sp³-hybridized carbons (Fsp3) is 0.364. The first kappa shape index (κ1) is 8.97. The monoisotopic (exact) mass is 189 g/mol. The molecule has 1 unspecified atom stereocenters. The number of para-hydroxylation sites is 1. The molecule has 14 heavy (non-hydrogen) atoms. The molecule has 1 aromatic rings. The first-order valence-corrected chi connectivity index (χ1v) is 4.53. The van der Waals surface area contributed by atoms with Crippen molar-refractivity contribution < 1.29 is 9.53 Å². The second-order valence-corrected chi connectivity index (χ2v) is 3.77. The van der Waals surface area contributed by atoms with Crippen molar-refractivity contribution >= 4 is 6.08 Å². The average molecular weight is 189 g/mol. The second kappa shape index (κ2) is 3.28. The number of hydrogen-bond donors (Lipinski definition) is 0. The summed E-state index contributed by atoms with van der Waals surface area (Å²) in [6.07, 6.45) is 2.34. The summed E-state index contributed by atoms with van der Waals surface area (Å²) in [6.45, 7) is 2.34. The van der Waals surface area contributed by atoms with Crippen molar-refractivity contribution in [3.05, 3.63) is 29.8 Å². The second-order valence-electron chi connectivity index (χ2n) is 3.77. The average Bonchev–Trinajstić information content (AvgIpc) is 2.17. The summed E-state index contributed by atoms with van der Waals surface area (Å²) in [5, 5.41) is 0. The zero-order chi connectivity index (χ0) is 10.0. The van der Waals surface area contributed by atoms with Gasteiger partial charge in [-0.25, -0.2) is 4.79 Å². The Morgan fingerprint density at radius 2 is 2.29 bits per heavy atom. The lowest BCUT2D eigenvalue weighted by Gasteiger charge is -2.29. The van der Waals surface area contributed by atoms with Crippen molar-refractivity contribution in [2.24, 2.45) is 4.99 Å². The number of rotatable bonds is 1. The summed E-state index contributed by atoms with van der Waals surface area (Å²) >= 11 is 0. The molecule has 0 amide bonds. The van der Waals surface area contributed by atoms with Crippen LogP contribution in [-0.2, 0) is 11.2 Å². The standard InChI is InChI=1S/C11H11NO2/c1-11(12-8-13)6-9-4-2-3-5-10(9)14-7-11/h2-5H,6-7H2,1H3. The lowest BCUT2D eigenvalue weighted by Crippen LogP contribution is -2.36. The van der Waals surface area contributed by atoms with Gasteiger partial charge in [0.05, 0.1) is 0 Å². The van der Waals surface area contributed by atoms with Crippen LogP contribution < -0.4 is 4.74 Å². The zero-order valence-electron chi connectivity index (χ0n) is 7.99. The van der Waals surface area contributed by atoms with Gasteiger partial charge in [-0.1, -0.05) is 18.2 Å². The molecule has 0 aliphatic carbocycles. The van der Waals surface area contributed by atoms with Crippen molar-refractivity contribution in [3.8, 4) is 5.75 Å². The maximum absolute atomic E-state index is 10.2. The summed E-state index contributed by atoms with van der Waals surface area (Å²) in [5.74, 6) is 0.895. The van der Waals surface area contributed by atoms with Gasteiger partial charge >= 0.3 is 0 Å². The van der Waals surface area contributed by atoms with E-state index < -0.39 is 5.54 Å². The molecule has 72 valence electrons. The van der Waals surface area contributed by atoms with Gasteiger partial charge in [-0.05, 0) is 18.6 Å². The van der Waals surface area contributed by atoms with Crippen LogP contribution in [0.3, 0.4) is 0 Å². The van der Waals surface area contributed by atoms with Crippen LogP contribution in [0.2, 0.25) is 0 Å². The Bertz CT molecular complexity index is 396. The van der Waals surface area contributed by atoms with Gasteiger partial charge in [0.25, 0.3) is 0 Å². The van der Waals surface area contributed by atoms with Gasteiger partial charge in [-0.3, -0.25) is 0 Å². The molecule has 2 rings (SSSR count). The summed E-state index contributed by atoms with van der Waals surface area (Å²) in [5.41, 5.74) is 0.649. The Balaban J connectivity index is 2.33. The molecule has 3 nitrogen and oxygen atoms in total. The fourth-order valence-corrected chi connectivity index (χ4v) is 1.67. The largest absolute Gasteiger partial charge is 0.491 e. The number of nitrogens with zero attached hydrogens (tertiary/aromatic N) is 1. The number of aliphatic imine (C=N–C) groups is 1. The SMILES string of the molecule is CC1(N=C=O)COc2ccccc2C1. The summed E-state index contributed by atoms with van der Waals surface area (Å²) in [7, 11) is 0. The minimum absolute atomic E-state index is 0.444. The van der Waals surface area contributed by atoms with Gasteiger partial charge in [0, 0.05) is 6.42 Å². The predicted molar refractivity (Wildman–Crippen MR) is 52.2 cm³/mol. The molecule has 0 aromatic heterocycles. The maximum atomic E-state index is 10.2. The predicted octanol–water partition coefficient (Wildman–Crippen LogP) is 1.72. The summed E-state index contributed by atoms with van der Waals surface area (Å²) in [6, 6.07) is 7.82. The van der Waals surface area contributed by atoms with Gasteiger partial charge in [0.15, 0.2) is 0 Å². The van der Waals surface area contributed by atoms with E-state index >= 15 is 0 Å². The van der Waals surface area contributed by atoms with Gasteiger partial charge in [0.1, 0.15) is 17.9 Å². The first-order chi connectivity index (χ1) is 6.73. The van der Waals surface area contributed by atoms with Crippen molar-refractivity contribution in [1.82, 2.24) is 0 Å². The molecular weight excluding hydrogens is 178 g/mol. The van der Waals surface area contributed by atoms with E-state index in [1.54, 1.807) is 6.08 Å². The molecule has 1 atom stereocenters. The minimum atomic E-state index is -0.448. The van der Waals surface area contributed by atoms with Crippen LogP contribution in [0.1, 0.15) is 12.5 Å². The Kier molecular flexibility index (Phi) is 2.10. The number of isocyanates is 1. The number of benzene rings is 1. The van der Waals surface area contributed by atoms with Crippen LogP contribution in [0.15, 0.2) is 29.3 Å². The Hall–Kier alpha value is -1.60.